The van der Waals surface area contributed by atoms with E-state index in [0.717, 1.165) is 5.56 Å². The Hall–Kier alpha value is -4.01. The Morgan fingerprint density at radius 1 is 1.00 bits per heavy atom. The zero-order valence-corrected chi connectivity index (χ0v) is 13.3. The first-order valence-corrected chi connectivity index (χ1v) is 7.56. The molecule has 26 heavy (non-hydrogen) atoms. The van der Waals surface area contributed by atoms with Crippen molar-refractivity contribution in [2.45, 2.75) is 0 Å². The van der Waals surface area contributed by atoms with Crippen LogP contribution in [0, 0.1) is 0 Å². The molecule has 4 aromatic rings. The molecule has 4 aromatic heterocycles. The van der Waals surface area contributed by atoms with E-state index in [9.17, 15) is 4.79 Å². The van der Waals surface area contributed by atoms with E-state index < -0.39 is 5.97 Å². The molecule has 0 radical (unpaired) electrons. The second-order valence-electron chi connectivity index (χ2n) is 5.22. The Morgan fingerprint density at radius 3 is 2.58 bits per heavy atom. The summed E-state index contributed by atoms with van der Waals surface area (Å²) in [6.45, 7) is 0. The molecule has 0 saturated heterocycles. The van der Waals surface area contributed by atoms with Crippen LogP contribution in [0.1, 0.15) is 10.5 Å². The Bertz CT molecular complexity index is 1010. The molecule has 0 fully saturated rings. The summed E-state index contributed by atoms with van der Waals surface area (Å²) in [5.41, 5.74) is 1.81. The summed E-state index contributed by atoms with van der Waals surface area (Å²) >= 11 is 0. The zero-order chi connectivity index (χ0) is 17.9. The quantitative estimate of drug-likeness (QED) is 0.595. The van der Waals surface area contributed by atoms with Gasteiger partial charge in [0, 0.05) is 42.6 Å². The van der Waals surface area contributed by atoms with Gasteiger partial charge in [0.2, 0.25) is 0 Å². The van der Waals surface area contributed by atoms with E-state index >= 15 is 0 Å². The predicted octanol–water partition coefficient (Wildman–Crippen LogP) is 1.88. The molecule has 0 spiro atoms. The van der Waals surface area contributed by atoms with Crippen LogP contribution in [0.2, 0.25) is 0 Å². The molecule has 9 nitrogen and oxygen atoms in total. The fourth-order valence-corrected chi connectivity index (χ4v) is 2.31. The van der Waals surface area contributed by atoms with Crippen LogP contribution in [0.25, 0.3) is 28.6 Å². The highest BCUT2D eigenvalue weighted by Gasteiger charge is 2.13. The second-order valence-corrected chi connectivity index (χ2v) is 5.22. The molecule has 0 unspecified atom stereocenters. The summed E-state index contributed by atoms with van der Waals surface area (Å²) in [5.74, 6) is -0.353. The van der Waals surface area contributed by atoms with E-state index in [-0.39, 0.29) is 5.69 Å². The molecule has 0 aliphatic rings. The fraction of sp³-hybridized carbons (Fsp3) is 0. The van der Waals surface area contributed by atoms with Crippen LogP contribution in [0.3, 0.4) is 0 Å². The van der Waals surface area contributed by atoms with Crippen molar-refractivity contribution >= 4 is 5.97 Å². The van der Waals surface area contributed by atoms with Gasteiger partial charge in [-0.15, -0.1) is 0 Å². The first-order valence-electron chi connectivity index (χ1n) is 7.56. The van der Waals surface area contributed by atoms with E-state index in [4.69, 9.17) is 5.11 Å². The number of hydrogen-bond donors (Lipinski definition) is 1. The number of carboxylic acid groups (broad SMARTS) is 1. The van der Waals surface area contributed by atoms with Crippen LogP contribution in [0.4, 0.5) is 0 Å². The topological polar surface area (TPSA) is 120 Å². The molecular weight excluding hydrogens is 334 g/mol. The molecule has 126 valence electrons. The summed E-state index contributed by atoms with van der Waals surface area (Å²) in [6.07, 6.45) is 9.53. The molecule has 0 aliphatic heterocycles. The lowest BCUT2D eigenvalue weighted by molar-refractivity contribution is 0.0690. The van der Waals surface area contributed by atoms with Crippen LogP contribution < -0.4 is 0 Å². The molecule has 4 heterocycles. The maximum atomic E-state index is 11.1. The Kier molecular flexibility index (Phi) is 3.86. The van der Waals surface area contributed by atoms with E-state index in [1.807, 2.05) is 6.07 Å². The highest BCUT2D eigenvalue weighted by molar-refractivity contribution is 5.85. The Morgan fingerprint density at radius 2 is 1.88 bits per heavy atom. The zero-order valence-electron chi connectivity index (χ0n) is 13.3. The van der Waals surface area contributed by atoms with Crippen molar-refractivity contribution in [2.75, 3.05) is 0 Å². The van der Waals surface area contributed by atoms with Gasteiger partial charge in [0.15, 0.2) is 17.3 Å². The number of hydrogen-bond acceptors (Lipinski definition) is 7. The summed E-state index contributed by atoms with van der Waals surface area (Å²) in [6, 6.07) is 6.77. The first-order chi connectivity index (χ1) is 12.7. The number of aromatic nitrogens is 7. The smallest absolute Gasteiger partial charge is 0.356 e. The van der Waals surface area contributed by atoms with E-state index in [2.05, 4.69) is 30.0 Å². The summed E-state index contributed by atoms with van der Waals surface area (Å²) in [4.78, 5) is 32.4. The van der Waals surface area contributed by atoms with Gasteiger partial charge in [-0.05, 0) is 18.2 Å². The van der Waals surface area contributed by atoms with E-state index in [1.165, 1.54) is 16.9 Å². The summed E-state index contributed by atoms with van der Waals surface area (Å²) < 4.78 is 1.38. The van der Waals surface area contributed by atoms with Gasteiger partial charge in [0.05, 0.1) is 11.9 Å². The van der Waals surface area contributed by atoms with Crippen molar-refractivity contribution in [1.82, 2.24) is 34.7 Å². The van der Waals surface area contributed by atoms with Gasteiger partial charge >= 0.3 is 5.97 Å². The largest absolute Gasteiger partial charge is 0.476 e. The fourth-order valence-electron chi connectivity index (χ4n) is 2.31. The van der Waals surface area contributed by atoms with Crippen molar-refractivity contribution in [3.63, 3.8) is 0 Å². The van der Waals surface area contributed by atoms with Crippen LogP contribution in [-0.2, 0) is 0 Å². The molecule has 0 bridgehead atoms. The molecule has 0 atom stereocenters. The van der Waals surface area contributed by atoms with Crippen molar-refractivity contribution < 1.29 is 9.90 Å². The van der Waals surface area contributed by atoms with E-state index in [0.29, 0.717) is 23.0 Å². The van der Waals surface area contributed by atoms with Crippen molar-refractivity contribution in [3.05, 3.63) is 67.1 Å². The Balaban J connectivity index is 1.89. The monoisotopic (exact) mass is 345 g/mol. The van der Waals surface area contributed by atoms with Gasteiger partial charge < -0.3 is 5.11 Å². The molecule has 1 N–H and O–H groups in total. The maximum Gasteiger partial charge on any atom is 0.356 e. The van der Waals surface area contributed by atoms with Crippen molar-refractivity contribution in [3.8, 4) is 28.6 Å². The van der Waals surface area contributed by atoms with E-state index in [1.54, 1.807) is 43.1 Å². The van der Waals surface area contributed by atoms with Crippen LogP contribution in [0.15, 0.2) is 61.4 Å². The third kappa shape index (κ3) is 3.00. The van der Waals surface area contributed by atoms with Gasteiger partial charge in [-0.3, -0.25) is 9.97 Å². The average Bonchev–Trinajstić information content (AvgIpc) is 3.20. The average molecular weight is 345 g/mol. The van der Waals surface area contributed by atoms with Gasteiger partial charge in [-0.1, -0.05) is 0 Å². The highest BCUT2D eigenvalue weighted by Crippen LogP contribution is 2.22. The number of pyridine rings is 1. The van der Waals surface area contributed by atoms with Crippen LogP contribution in [-0.4, -0.2) is 45.8 Å². The third-order valence-electron chi connectivity index (χ3n) is 3.51. The molecule has 0 amide bonds. The van der Waals surface area contributed by atoms with Gasteiger partial charge in [0.1, 0.15) is 5.69 Å². The lowest BCUT2D eigenvalue weighted by atomic mass is 10.2. The second kappa shape index (κ2) is 6.48. The van der Waals surface area contributed by atoms with Crippen molar-refractivity contribution in [2.24, 2.45) is 0 Å². The maximum absolute atomic E-state index is 11.1. The summed E-state index contributed by atoms with van der Waals surface area (Å²) in [5, 5.41) is 13.1. The third-order valence-corrected chi connectivity index (χ3v) is 3.51. The number of carbonyl (C=O) groups is 1. The number of carboxylic acids is 1. The van der Waals surface area contributed by atoms with Crippen LogP contribution >= 0.6 is 0 Å². The minimum absolute atomic E-state index is 0.0763. The SMILES string of the molecule is O=C(O)c1ccn(-c2cc(-c3cccnc3)nc(-c3cnccn3)n2)n1. The minimum atomic E-state index is -1.11. The highest BCUT2D eigenvalue weighted by atomic mass is 16.4. The van der Waals surface area contributed by atoms with Crippen molar-refractivity contribution in [1.29, 1.82) is 0 Å². The lowest BCUT2D eigenvalue weighted by Gasteiger charge is -2.08. The molecule has 0 aromatic carbocycles. The number of rotatable bonds is 4. The normalized spacial score (nSPS) is 10.6. The van der Waals surface area contributed by atoms with Crippen LogP contribution in [0.5, 0.6) is 0 Å². The Labute approximate surface area is 147 Å². The first kappa shape index (κ1) is 15.5. The molecule has 4 rings (SSSR count). The lowest BCUT2D eigenvalue weighted by Crippen LogP contribution is -2.05. The van der Waals surface area contributed by atoms with Gasteiger partial charge in [0.25, 0.3) is 0 Å². The predicted molar refractivity (Wildman–Crippen MR) is 90.4 cm³/mol. The summed E-state index contributed by atoms with van der Waals surface area (Å²) in [7, 11) is 0. The number of aromatic carboxylic acids is 1. The molecule has 9 heteroatoms. The molecule has 0 saturated carbocycles. The molecular formula is C17H11N7O2. The van der Waals surface area contributed by atoms with Gasteiger partial charge in [-0.25, -0.2) is 24.4 Å². The minimum Gasteiger partial charge on any atom is -0.476 e. The standard InChI is InChI=1S/C17H11N7O2/c25-17(26)12-3-7-24(23-12)15-8-13(11-2-1-4-18-9-11)21-16(22-15)14-10-19-5-6-20-14/h1-10H,(H,25,26). The van der Waals surface area contributed by atoms with Gasteiger partial charge in [-0.2, -0.15) is 5.10 Å². The number of nitrogens with zero attached hydrogens (tertiary/aromatic N) is 7. The molecule has 0 aliphatic carbocycles.